The van der Waals surface area contributed by atoms with Crippen LogP contribution < -0.4 is 10.6 Å². The van der Waals surface area contributed by atoms with E-state index < -0.39 is 0 Å². The summed E-state index contributed by atoms with van der Waals surface area (Å²) in [4.78, 5) is 8.53. The van der Waals surface area contributed by atoms with Gasteiger partial charge in [-0.25, -0.2) is 4.98 Å². The maximum atomic E-state index is 5.43. The molecule has 0 aliphatic carbocycles. The molecule has 1 aliphatic rings. The zero-order chi connectivity index (χ0) is 12.3. The van der Waals surface area contributed by atoms with Gasteiger partial charge < -0.3 is 15.4 Å². The van der Waals surface area contributed by atoms with Crippen molar-refractivity contribution in [1.29, 1.82) is 0 Å². The first kappa shape index (κ1) is 12.6. The van der Waals surface area contributed by atoms with Gasteiger partial charge in [0.1, 0.15) is 5.82 Å². The van der Waals surface area contributed by atoms with Gasteiger partial charge in [-0.3, -0.25) is 0 Å². The number of ether oxygens (including phenoxy) is 1. The molecule has 0 radical (unpaired) electrons. The van der Waals surface area contributed by atoms with E-state index in [1.165, 1.54) is 0 Å². The Morgan fingerprint density at radius 2 is 2.35 bits per heavy atom. The number of hydrogen-bond donors (Lipinski definition) is 2. The fraction of sp³-hybridized carbons (Fsp3) is 0.636. The van der Waals surface area contributed by atoms with Crippen LogP contribution in [0.2, 0.25) is 0 Å². The topological polar surface area (TPSA) is 59.1 Å². The van der Waals surface area contributed by atoms with E-state index in [1.807, 2.05) is 7.05 Å². The summed E-state index contributed by atoms with van der Waals surface area (Å²) >= 11 is 3.46. The molecule has 2 N–H and O–H groups in total. The van der Waals surface area contributed by atoms with E-state index in [9.17, 15) is 0 Å². The molecule has 0 amide bonds. The van der Waals surface area contributed by atoms with Crippen molar-refractivity contribution in [1.82, 2.24) is 9.97 Å². The highest BCUT2D eigenvalue weighted by Gasteiger charge is 2.22. The lowest BCUT2D eigenvalue weighted by atomic mass is 9.98. The summed E-state index contributed by atoms with van der Waals surface area (Å²) in [7, 11) is 1.81. The lowest BCUT2D eigenvalue weighted by Gasteiger charge is -2.30. The SMILES string of the molecule is CNc1ncc(Br)c(NC2CCOCC2C)n1. The summed E-state index contributed by atoms with van der Waals surface area (Å²) < 4.78 is 6.31. The van der Waals surface area contributed by atoms with E-state index in [1.54, 1.807) is 6.20 Å². The third-order valence-electron chi connectivity index (χ3n) is 2.93. The molecule has 2 atom stereocenters. The second-order valence-corrected chi connectivity index (χ2v) is 5.09. The smallest absolute Gasteiger partial charge is 0.224 e. The van der Waals surface area contributed by atoms with Crippen molar-refractivity contribution >= 4 is 27.7 Å². The van der Waals surface area contributed by atoms with Gasteiger partial charge in [0.05, 0.1) is 11.1 Å². The Bertz CT molecular complexity index is 388. The van der Waals surface area contributed by atoms with Gasteiger partial charge in [-0.05, 0) is 28.3 Å². The molecule has 94 valence electrons. The first-order valence-corrected chi connectivity index (χ1v) is 6.54. The number of nitrogens with zero attached hydrogens (tertiary/aromatic N) is 2. The zero-order valence-electron chi connectivity index (χ0n) is 10.0. The highest BCUT2D eigenvalue weighted by Crippen LogP contribution is 2.24. The molecule has 1 aromatic rings. The Hall–Kier alpha value is -0.880. The predicted octanol–water partition coefficient (Wildman–Crippen LogP) is 2.12. The largest absolute Gasteiger partial charge is 0.381 e. The minimum absolute atomic E-state index is 0.402. The zero-order valence-corrected chi connectivity index (χ0v) is 11.6. The van der Waals surface area contributed by atoms with E-state index >= 15 is 0 Å². The third kappa shape index (κ3) is 3.07. The average Bonchev–Trinajstić information content (AvgIpc) is 2.35. The van der Waals surface area contributed by atoms with Crippen LogP contribution >= 0.6 is 15.9 Å². The van der Waals surface area contributed by atoms with Crippen LogP contribution in [0.15, 0.2) is 10.7 Å². The summed E-state index contributed by atoms with van der Waals surface area (Å²) in [6.45, 7) is 3.80. The number of halogens is 1. The minimum atomic E-state index is 0.402. The Balaban J connectivity index is 2.11. The second kappa shape index (κ2) is 5.64. The molecule has 1 aliphatic heterocycles. The van der Waals surface area contributed by atoms with E-state index in [0.29, 0.717) is 17.9 Å². The van der Waals surface area contributed by atoms with E-state index in [-0.39, 0.29) is 0 Å². The molecule has 0 aromatic carbocycles. The van der Waals surface area contributed by atoms with Gasteiger partial charge in [0.15, 0.2) is 0 Å². The number of anilines is 2. The van der Waals surface area contributed by atoms with Crippen molar-refractivity contribution in [2.75, 3.05) is 30.9 Å². The van der Waals surface area contributed by atoms with Gasteiger partial charge in [0.2, 0.25) is 5.95 Å². The van der Waals surface area contributed by atoms with Gasteiger partial charge in [0, 0.05) is 25.9 Å². The van der Waals surface area contributed by atoms with E-state index in [0.717, 1.165) is 29.9 Å². The van der Waals surface area contributed by atoms with E-state index in [2.05, 4.69) is 43.5 Å². The van der Waals surface area contributed by atoms with Crippen molar-refractivity contribution in [3.05, 3.63) is 10.7 Å². The number of nitrogens with one attached hydrogen (secondary N) is 2. The Kier molecular flexibility index (Phi) is 4.17. The molecular formula is C11H17BrN4O. The fourth-order valence-corrected chi connectivity index (χ4v) is 2.16. The van der Waals surface area contributed by atoms with Crippen LogP contribution in [0, 0.1) is 5.92 Å². The molecule has 2 unspecified atom stereocenters. The first-order chi connectivity index (χ1) is 8.20. The Morgan fingerprint density at radius 3 is 3.06 bits per heavy atom. The summed E-state index contributed by atoms with van der Waals surface area (Å²) in [6, 6.07) is 0.402. The van der Waals surface area contributed by atoms with Crippen molar-refractivity contribution in [3.63, 3.8) is 0 Å². The maximum absolute atomic E-state index is 5.43. The van der Waals surface area contributed by atoms with Crippen LogP contribution in [-0.2, 0) is 4.74 Å². The van der Waals surface area contributed by atoms with Crippen molar-refractivity contribution in [2.24, 2.45) is 5.92 Å². The standard InChI is InChI=1S/C11H17BrN4O/c1-7-6-17-4-3-9(7)15-10-8(12)5-14-11(13-2)16-10/h5,7,9H,3-4,6H2,1-2H3,(H2,13,14,15,16). The molecule has 6 heteroatoms. The quantitative estimate of drug-likeness (QED) is 0.895. The molecule has 5 nitrogen and oxygen atoms in total. The van der Waals surface area contributed by atoms with Gasteiger partial charge in [-0.2, -0.15) is 4.98 Å². The first-order valence-electron chi connectivity index (χ1n) is 5.75. The molecule has 1 fully saturated rings. The Labute approximate surface area is 110 Å². The normalized spacial score (nSPS) is 24.4. The molecule has 2 rings (SSSR count). The molecule has 1 aromatic heterocycles. The fourth-order valence-electron chi connectivity index (χ4n) is 1.86. The summed E-state index contributed by atoms with van der Waals surface area (Å²) in [5, 5.41) is 6.39. The van der Waals surface area contributed by atoms with Crippen LogP contribution in [0.3, 0.4) is 0 Å². The summed E-state index contributed by atoms with van der Waals surface area (Å²) in [5.41, 5.74) is 0. The molecule has 0 bridgehead atoms. The second-order valence-electron chi connectivity index (χ2n) is 4.23. The van der Waals surface area contributed by atoms with Gasteiger partial charge >= 0.3 is 0 Å². The third-order valence-corrected chi connectivity index (χ3v) is 3.51. The summed E-state index contributed by atoms with van der Waals surface area (Å²) in [6.07, 6.45) is 2.76. The lowest BCUT2D eigenvalue weighted by Crippen LogP contribution is -2.36. The number of hydrogen-bond acceptors (Lipinski definition) is 5. The molecular weight excluding hydrogens is 284 g/mol. The lowest BCUT2D eigenvalue weighted by molar-refractivity contribution is 0.0537. The molecule has 2 heterocycles. The highest BCUT2D eigenvalue weighted by molar-refractivity contribution is 9.10. The van der Waals surface area contributed by atoms with Gasteiger partial charge in [-0.1, -0.05) is 6.92 Å². The van der Waals surface area contributed by atoms with Crippen LogP contribution in [0.4, 0.5) is 11.8 Å². The maximum Gasteiger partial charge on any atom is 0.224 e. The molecule has 0 saturated carbocycles. The average molecular weight is 301 g/mol. The van der Waals surface area contributed by atoms with Crippen molar-refractivity contribution in [3.8, 4) is 0 Å². The van der Waals surface area contributed by atoms with Crippen LogP contribution in [-0.4, -0.2) is 36.3 Å². The molecule has 0 spiro atoms. The van der Waals surface area contributed by atoms with Gasteiger partial charge in [0.25, 0.3) is 0 Å². The van der Waals surface area contributed by atoms with Crippen molar-refractivity contribution < 1.29 is 4.74 Å². The van der Waals surface area contributed by atoms with Crippen LogP contribution in [0.25, 0.3) is 0 Å². The summed E-state index contributed by atoms with van der Waals surface area (Å²) in [5.74, 6) is 1.95. The van der Waals surface area contributed by atoms with E-state index in [4.69, 9.17) is 4.74 Å². The molecule has 1 saturated heterocycles. The number of aromatic nitrogens is 2. The molecule has 17 heavy (non-hydrogen) atoms. The predicted molar refractivity (Wildman–Crippen MR) is 71.3 cm³/mol. The number of rotatable bonds is 3. The van der Waals surface area contributed by atoms with Crippen LogP contribution in [0.1, 0.15) is 13.3 Å². The van der Waals surface area contributed by atoms with Gasteiger partial charge in [-0.15, -0.1) is 0 Å². The monoisotopic (exact) mass is 300 g/mol. The minimum Gasteiger partial charge on any atom is -0.381 e. The van der Waals surface area contributed by atoms with Crippen LogP contribution in [0.5, 0.6) is 0 Å². The highest BCUT2D eigenvalue weighted by atomic mass is 79.9. The van der Waals surface area contributed by atoms with Crippen molar-refractivity contribution in [2.45, 2.75) is 19.4 Å². The Morgan fingerprint density at radius 1 is 1.53 bits per heavy atom.